The summed E-state index contributed by atoms with van der Waals surface area (Å²) in [5, 5.41) is 0. The predicted molar refractivity (Wildman–Crippen MR) is 49.0 cm³/mol. The minimum absolute atomic E-state index is 0.155. The Balaban J connectivity index is 3.74. The highest BCUT2D eigenvalue weighted by Crippen LogP contribution is 1.97. The topological polar surface area (TPSA) is 29.5 Å². The van der Waals surface area contributed by atoms with Crippen molar-refractivity contribution in [2.24, 2.45) is 5.92 Å². The summed E-state index contributed by atoms with van der Waals surface area (Å²) < 4.78 is 4.58. The van der Waals surface area contributed by atoms with E-state index >= 15 is 0 Å². The number of hydrogen-bond acceptors (Lipinski definition) is 3. The Kier molecular flexibility index (Phi) is 5.72. The molecule has 0 rings (SSSR count). The van der Waals surface area contributed by atoms with Gasteiger partial charge in [0.15, 0.2) is 0 Å². The summed E-state index contributed by atoms with van der Waals surface area (Å²) in [5.74, 6) is 0.437. The molecule has 0 amide bonds. The van der Waals surface area contributed by atoms with Gasteiger partial charge in [-0.1, -0.05) is 20.8 Å². The van der Waals surface area contributed by atoms with E-state index in [4.69, 9.17) is 0 Å². The number of likely N-dealkylation sites (N-methyl/N-ethyl adjacent to an activating group) is 1. The molecule has 0 unspecified atom stereocenters. The van der Waals surface area contributed by atoms with Crippen molar-refractivity contribution >= 4 is 5.97 Å². The molecule has 0 bridgehead atoms. The van der Waals surface area contributed by atoms with Crippen molar-refractivity contribution in [2.75, 3.05) is 26.7 Å². The number of esters is 1. The van der Waals surface area contributed by atoms with E-state index in [0.717, 1.165) is 13.1 Å². The average molecular weight is 173 g/mol. The predicted octanol–water partition coefficient (Wildman–Crippen LogP) is 1.14. The highest BCUT2D eigenvalue weighted by atomic mass is 16.5. The number of carbonyl (C=O) groups is 1. The summed E-state index contributed by atoms with van der Waals surface area (Å²) in [6.45, 7) is 8.58. The van der Waals surface area contributed by atoms with Gasteiger partial charge in [0.05, 0.1) is 13.7 Å². The van der Waals surface area contributed by atoms with Gasteiger partial charge >= 0.3 is 5.97 Å². The van der Waals surface area contributed by atoms with E-state index in [-0.39, 0.29) is 5.97 Å². The molecule has 0 aliphatic carbocycles. The molecule has 0 saturated carbocycles. The number of rotatable bonds is 5. The normalized spacial score (nSPS) is 10.8. The Morgan fingerprint density at radius 1 is 1.50 bits per heavy atom. The molecule has 0 atom stereocenters. The Hall–Kier alpha value is -0.570. The lowest BCUT2D eigenvalue weighted by atomic mass is 10.2. The zero-order valence-corrected chi connectivity index (χ0v) is 8.46. The van der Waals surface area contributed by atoms with Gasteiger partial charge in [0.1, 0.15) is 0 Å². The van der Waals surface area contributed by atoms with Gasteiger partial charge in [-0.15, -0.1) is 0 Å². The van der Waals surface area contributed by atoms with Gasteiger partial charge in [-0.25, -0.2) is 0 Å². The molecule has 0 N–H and O–H groups in total. The molecule has 3 nitrogen and oxygen atoms in total. The van der Waals surface area contributed by atoms with Crippen LogP contribution in [0.5, 0.6) is 0 Å². The molecule has 0 fully saturated rings. The molecular formula is C9H19NO2. The third-order valence-electron chi connectivity index (χ3n) is 1.65. The zero-order chi connectivity index (χ0) is 9.56. The van der Waals surface area contributed by atoms with Gasteiger partial charge in [0.25, 0.3) is 0 Å². The first-order chi connectivity index (χ1) is 5.60. The first-order valence-corrected chi connectivity index (χ1v) is 4.39. The summed E-state index contributed by atoms with van der Waals surface area (Å²) in [4.78, 5) is 13.0. The lowest BCUT2D eigenvalue weighted by Gasteiger charge is -2.20. The quantitative estimate of drug-likeness (QED) is 0.584. The summed E-state index contributed by atoms with van der Waals surface area (Å²) in [6.07, 6.45) is 0. The largest absolute Gasteiger partial charge is 0.468 e. The van der Waals surface area contributed by atoms with Crippen molar-refractivity contribution in [3.8, 4) is 0 Å². The molecule has 0 aromatic carbocycles. The molecule has 0 radical (unpaired) electrons. The Bertz CT molecular complexity index is 134. The number of ether oxygens (including phenoxy) is 1. The van der Waals surface area contributed by atoms with Crippen molar-refractivity contribution in [1.29, 1.82) is 0 Å². The monoisotopic (exact) mass is 173 g/mol. The second-order valence-electron chi connectivity index (χ2n) is 3.30. The van der Waals surface area contributed by atoms with E-state index in [2.05, 4.69) is 23.5 Å². The van der Waals surface area contributed by atoms with Crippen molar-refractivity contribution in [2.45, 2.75) is 20.8 Å². The molecule has 72 valence electrons. The number of methoxy groups -OCH3 is 1. The standard InChI is InChI=1S/C9H19NO2/c1-5-10(6-8(2)3)7-9(11)12-4/h8H,5-7H2,1-4H3. The summed E-state index contributed by atoms with van der Waals surface area (Å²) in [6, 6.07) is 0. The first-order valence-electron chi connectivity index (χ1n) is 4.39. The van der Waals surface area contributed by atoms with Crippen LogP contribution in [0.25, 0.3) is 0 Å². The number of carbonyl (C=O) groups excluding carboxylic acids is 1. The summed E-state index contributed by atoms with van der Waals surface area (Å²) in [7, 11) is 1.42. The molecule has 0 aliphatic rings. The minimum atomic E-state index is -0.155. The maximum absolute atomic E-state index is 10.9. The van der Waals surface area contributed by atoms with Crippen molar-refractivity contribution in [3.05, 3.63) is 0 Å². The van der Waals surface area contributed by atoms with Crippen LogP contribution in [0.3, 0.4) is 0 Å². The molecule has 0 heterocycles. The molecule has 0 spiro atoms. The van der Waals surface area contributed by atoms with E-state index in [1.165, 1.54) is 7.11 Å². The summed E-state index contributed by atoms with van der Waals surface area (Å²) in [5.41, 5.74) is 0. The number of hydrogen-bond donors (Lipinski definition) is 0. The Morgan fingerprint density at radius 3 is 2.42 bits per heavy atom. The third kappa shape index (κ3) is 5.13. The molecule has 0 saturated heterocycles. The van der Waals surface area contributed by atoms with E-state index in [1.807, 2.05) is 6.92 Å². The fourth-order valence-corrected chi connectivity index (χ4v) is 1.07. The van der Waals surface area contributed by atoms with Gasteiger partial charge in [-0.3, -0.25) is 9.69 Å². The molecule has 0 aliphatic heterocycles. The van der Waals surface area contributed by atoms with Crippen LogP contribution in [0.2, 0.25) is 0 Å². The van der Waals surface area contributed by atoms with Crippen LogP contribution in [0.1, 0.15) is 20.8 Å². The molecule has 0 aromatic heterocycles. The van der Waals surface area contributed by atoms with Crippen LogP contribution in [0.4, 0.5) is 0 Å². The van der Waals surface area contributed by atoms with Crippen molar-refractivity contribution in [3.63, 3.8) is 0 Å². The Labute approximate surface area is 74.7 Å². The van der Waals surface area contributed by atoms with Gasteiger partial charge in [-0.2, -0.15) is 0 Å². The Morgan fingerprint density at radius 2 is 2.08 bits per heavy atom. The smallest absolute Gasteiger partial charge is 0.319 e. The van der Waals surface area contributed by atoms with Crippen LogP contribution in [0.15, 0.2) is 0 Å². The molecule has 3 heteroatoms. The average Bonchev–Trinajstić information content (AvgIpc) is 2.02. The van der Waals surface area contributed by atoms with Crippen LogP contribution in [-0.4, -0.2) is 37.6 Å². The van der Waals surface area contributed by atoms with Gasteiger partial charge < -0.3 is 4.74 Å². The van der Waals surface area contributed by atoms with E-state index < -0.39 is 0 Å². The highest BCUT2D eigenvalue weighted by molar-refractivity contribution is 5.71. The van der Waals surface area contributed by atoms with Gasteiger partial charge in [0.2, 0.25) is 0 Å². The van der Waals surface area contributed by atoms with E-state index in [9.17, 15) is 4.79 Å². The summed E-state index contributed by atoms with van der Waals surface area (Å²) >= 11 is 0. The molecule has 0 aromatic rings. The maximum atomic E-state index is 10.9. The van der Waals surface area contributed by atoms with Crippen molar-refractivity contribution in [1.82, 2.24) is 4.90 Å². The van der Waals surface area contributed by atoms with Crippen LogP contribution < -0.4 is 0 Å². The van der Waals surface area contributed by atoms with E-state index in [1.54, 1.807) is 0 Å². The number of nitrogens with zero attached hydrogens (tertiary/aromatic N) is 1. The third-order valence-corrected chi connectivity index (χ3v) is 1.65. The molecule has 12 heavy (non-hydrogen) atoms. The lowest BCUT2D eigenvalue weighted by Crippen LogP contribution is -2.33. The second kappa shape index (κ2) is 6.00. The van der Waals surface area contributed by atoms with Crippen LogP contribution >= 0.6 is 0 Å². The van der Waals surface area contributed by atoms with E-state index in [0.29, 0.717) is 12.5 Å². The van der Waals surface area contributed by atoms with Crippen molar-refractivity contribution < 1.29 is 9.53 Å². The SMILES string of the molecule is CCN(CC(=O)OC)CC(C)C. The lowest BCUT2D eigenvalue weighted by molar-refractivity contribution is -0.142. The fraction of sp³-hybridized carbons (Fsp3) is 0.889. The second-order valence-corrected chi connectivity index (χ2v) is 3.30. The first kappa shape index (κ1) is 11.4. The fourth-order valence-electron chi connectivity index (χ4n) is 1.07. The zero-order valence-electron chi connectivity index (χ0n) is 8.46. The highest BCUT2D eigenvalue weighted by Gasteiger charge is 2.09. The van der Waals surface area contributed by atoms with Gasteiger partial charge in [-0.05, 0) is 12.5 Å². The van der Waals surface area contributed by atoms with Crippen LogP contribution in [0, 0.1) is 5.92 Å². The van der Waals surface area contributed by atoms with Crippen LogP contribution in [-0.2, 0) is 9.53 Å². The molecular weight excluding hydrogens is 154 g/mol. The maximum Gasteiger partial charge on any atom is 0.319 e. The minimum Gasteiger partial charge on any atom is -0.468 e. The van der Waals surface area contributed by atoms with Gasteiger partial charge in [0, 0.05) is 6.54 Å².